The lowest BCUT2D eigenvalue weighted by molar-refractivity contribution is -0.140. The van der Waals surface area contributed by atoms with Gasteiger partial charge in [0, 0.05) is 49.9 Å². The highest BCUT2D eigenvalue weighted by molar-refractivity contribution is 8.06. The van der Waals surface area contributed by atoms with Crippen LogP contribution in [0.15, 0.2) is 64.5 Å². The monoisotopic (exact) mass is 504 g/mol. The SMILES string of the molecule is COCC(=O)N1CCN(C(=O)C(C#N)=C2SC=C(c3cccc(OC)c3)N2c2ccc(C)cc2)CC1. The smallest absolute Gasteiger partial charge is 0.267 e. The number of ether oxygens (including phenoxy) is 2. The molecule has 2 aromatic carbocycles. The zero-order chi connectivity index (χ0) is 25.7. The fourth-order valence-corrected chi connectivity index (χ4v) is 5.17. The number of nitrogens with zero attached hydrogens (tertiary/aromatic N) is 4. The average Bonchev–Trinajstić information content (AvgIpc) is 3.34. The Morgan fingerprint density at radius 3 is 2.36 bits per heavy atom. The van der Waals surface area contributed by atoms with Crippen LogP contribution in [0.4, 0.5) is 5.69 Å². The maximum absolute atomic E-state index is 13.5. The first-order valence-electron chi connectivity index (χ1n) is 11.5. The number of aryl methyl sites for hydroxylation is 1. The van der Waals surface area contributed by atoms with Crippen molar-refractivity contribution in [1.29, 1.82) is 5.26 Å². The standard InChI is InChI=1S/C27H28N4O4S/c1-19-7-9-21(10-8-19)31-24(20-5-4-6-22(15-20)35-3)18-36-27(31)23(16-28)26(33)30-13-11-29(12-14-30)25(32)17-34-2/h4-10,15,18H,11-14,17H2,1-3H3. The number of rotatable bonds is 6. The van der Waals surface area contributed by atoms with E-state index in [2.05, 4.69) is 6.07 Å². The van der Waals surface area contributed by atoms with Crippen molar-refractivity contribution < 1.29 is 19.1 Å². The van der Waals surface area contributed by atoms with E-state index >= 15 is 0 Å². The second-order valence-corrected chi connectivity index (χ2v) is 9.28. The fourth-order valence-electron chi connectivity index (χ4n) is 4.15. The number of thioether (sulfide) groups is 1. The highest BCUT2D eigenvalue weighted by Gasteiger charge is 2.33. The molecule has 2 aromatic rings. The molecule has 1 fully saturated rings. The molecule has 1 saturated heterocycles. The molecule has 2 amide bonds. The molecule has 0 atom stereocenters. The molecule has 2 aliphatic rings. The zero-order valence-corrected chi connectivity index (χ0v) is 21.4. The van der Waals surface area contributed by atoms with Gasteiger partial charge in [0.05, 0.1) is 12.8 Å². The summed E-state index contributed by atoms with van der Waals surface area (Å²) in [5.41, 5.74) is 3.80. The van der Waals surface area contributed by atoms with Gasteiger partial charge in [-0.2, -0.15) is 5.26 Å². The number of piperazine rings is 1. The van der Waals surface area contributed by atoms with Gasteiger partial charge in [0.15, 0.2) is 0 Å². The largest absolute Gasteiger partial charge is 0.497 e. The predicted molar refractivity (Wildman–Crippen MR) is 140 cm³/mol. The number of hydrogen-bond donors (Lipinski definition) is 0. The molecule has 0 spiro atoms. The van der Waals surface area contributed by atoms with Crippen molar-refractivity contribution in [3.8, 4) is 11.8 Å². The summed E-state index contributed by atoms with van der Waals surface area (Å²) in [5, 5.41) is 12.6. The first-order valence-corrected chi connectivity index (χ1v) is 12.4. The van der Waals surface area contributed by atoms with Crippen molar-refractivity contribution in [2.75, 3.05) is 51.9 Å². The first kappa shape index (κ1) is 25.4. The number of hydrogen-bond acceptors (Lipinski definition) is 7. The summed E-state index contributed by atoms with van der Waals surface area (Å²) in [4.78, 5) is 30.9. The van der Waals surface area contributed by atoms with E-state index in [1.54, 1.807) is 16.9 Å². The van der Waals surface area contributed by atoms with Crippen LogP contribution in [-0.2, 0) is 14.3 Å². The summed E-state index contributed by atoms with van der Waals surface area (Å²) in [6, 6.07) is 17.8. The molecule has 0 radical (unpaired) electrons. The Kier molecular flexibility index (Phi) is 7.98. The van der Waals surface area contributed by atoms with Gasteiger partial charge in [-0.3, -0.25) is 9.59 Å². The van der Waals surface area contributed by atoms with Crippen LogP contribution in [0.2, 0.25) is 0 Å². The van der Waals surface area contributed by atoms with Gasteiger partial charge < -0.3 is 24.2 Å². The van der Waals surface area contributed by atoms with Gasteiger partial charge >= 0.3 is 0 Å². The Morgan fingerprint density at radius 2 is 1.72 bits per heavy atom. The van der Waals surface area contributed by atoms with E-state index in [-0.39, 0.29) is 24.0 Å². The van der Waals surface area contributed by atoms with Crippen LogP contribution in [0.3, 0.4) is 0 Å². The maximum atomic E-state index is 13.5. The van der Waals surface area contributed by atoms with Crippen LogP contribution < -0.4 is 9.64 Å². The average molecular weight is 505 g/mol. The highest BCUT2D eigenvalue weighted by atomic mass is 32.2. The van der Waals surface area contributed by atoms with Gasteiger partial charge in [0.25, 0.3) is 5.91 Å². The summed E-state index contributed by atoms with van der Waals surface area (Å²) >= 11 is 1.35. The lowest BCUT2D eigenvalue weighted by atomic mass is 10.1. The van der Waals surface area contributed by atoms with Crippen molar-refractivity contribution >= 4 is 35.0 Å². The summed E-state index contributed by atoms with van der Waals surface area (Å²) in [6.45, 7) is 3.56. The van der Waals surface area contributed by atoms with E-state index in [1.165, 1.54) is 18.9 Å². The summed E-state index contributed by atoms with van der Waals surface area (Å²) < 4.78 is 10.3. The normalized spacial score (nSPS) is 16.9. The highest BCUT2D eigenvalue weighted by Crippen LogP contribution is 2.45. The Hall–Kier alpha value is -3.74. The summed E-state index contributed by atoms with van der Waals surface area (Å²) in [6.07, 6.45) is 0. The first-order chi connectivity index (χ1) is 17.5. The minimum absolute atomic E-state index is 0.0162. The van der Waals surface area contributed by atoms with Crippen molar-refractivity contribution in [2.45, 2.75) is 6.92 Å². The van der Waals surface area contributed by atoms with Gasteiger partial charge in [-0.25, -0.2) is 0 Å². The quantitative estimate of drug-likeness (QED) is 0.439. The van der Waals surface area contributed by atoms with Crippen LogP contribution in [0.1, 0.15) is 11.1 Å². The molecule has 186 valence electrons. The van der Waals surface area contributed by atoms with Crippen molar-refractivity contribution in [2.24, 2.45) is 0 Å². The molecule has 0 unspecified atom stereocenters. The van der Waals surface area contributed by atoms with Gasteiger partial charge in [-0.1, -0.05) is 41.6 Å². The van der Waals surface area contributed by atoms with E-state index in [0.29, 0.717) is 31.2 Å². The molecule has 2 aliphatic heterocycles. The van der Waals surface area contributed by atoms with E-state index < -0.39 is 0 Å². The van der Waals surface area contributed by atoms with Crippen LogP contribution in [0, 0.1) is 18.3 Å². The maximum Gasteiger partial charge on any atom is 0.267 e. The molecule has 4 rings (SSSR count). The number of methoxy groups -OCH3 is 2. The number of nitriles is 1. The van der Waals surface area contributed by atoms with Gasteiger partial charge in [-0.05, 0) is 31.2 Å². The molecule has 2 heterocycles. The van der Waals surface area contributed by atoms with Gasteiger partial charge in [0.1, 0.15) is 29.0 Å². The van der Waals surface area contributed by atoms with Gasteiger partial charge in [-0.15, -0.1) is 0 Å². The lowest BCUT2D eigenvalue weighted by Gasteiger charge is -2.35. The van der Waals surface area contributed by atoms with Crippen LogP contribution in [0.5, 0.6) is 5.75 Å². The van der Waals surface area contributed by atoms with Crippen molar-refractivity contribution in [3.05, 3.63) is 75.7 Å². The van der Waals surface area contributed by atoms with Gasteiger partial charge in [0.2, 0.25) is 5.91 Å². The molecule has 8 nitrogen and oxygen atoms in total. The third kappa shape index (κ3) is 5.25. The molecule has 0 aliphatic carbocycles. The lowest BCUT2D eigenvalue weighted by Crippen LogP contribution is -2.51. The van der Waals surface area contributed by atoms with E-state index in [4.69, 9.17) is 9.47 Å². The van der Waals surface area contributed by atoms with Crippen LogP contribution in [0.25, 0.3) is 5.70 Å². The molecule has 0 bridgehead atoms. The molecule has 0 aromatic heterocycles. The van der Waals surface area contributed by atoms with Crippen molar-refractivity contribution in [3.63, 3.8) is 0 Å². The minimum Gasteiger partial charge on any atom is -0.497 e. The van der Waals surface area contributed by atoms with Crippen molar-refractivity contribution in [1.82, 2.24) is 9.80 Å². The minimum atomic E-state index is -0.337. The zero-order valence-electron chi connectivity index (χ0n) is 20.6. The summed E-state index contributed by atoms with van der Waals surface area (Å²) in [7, 11) is 3.10. The van der Waals surface area contributed by atoms with E-state index in [9.17, 15) is 14.9 Å². The Bertz CT molecular complexity index is 1240. The Morgan fingerprint density at radius 1 is 1.03 bits per heavy atom. The molecular formula is C27H28N4O4S. The molecule has 0 saturated carbocycles. The van der Waals surface area contributed by atoms with E-state index in [1.807, 2.05) is 65.8 Å². The Balaban J connectivity index is 1.66. The third-order valence-electron chi connectivity index (χ3n) is 6.11. The predicted octanol–water partition coefficient (Wildman–Crippen LogP) is 3.61. The number of benzene rings is 2. The van der Waals surface area contributed by atoms with E-state index in [0.717, 1.165) is 28.3 Å². The fraction of sp³-hybridized carbons (Fsp3) is 0.296. The number of anilines is 1. The molecule has 0 N–H and O–H groups in total. The number of carbonyl (C=O) groups is 2. The Labute approximate surface area is 215 Å². The number of carbonyl (C=O) groups excluding carboxylic acids is 2. The topological polar surface area (TPSA) is 86.1 Å². The van der Waals surface area contributed by atoms with Crippen LogP contribution in [-0.4, -0.2) is 68.6 Å². The summed E-state index contributed by atoms with van der Waals surface area (Å²) in [5.74, 6) is 0.279. The second kappa shape index (κ2) is 11.3. The second-order valence-electron chi connectivity index (χ2n) is 8.42. The van der Waals surface area contributed by atoms with Crippen LogP contribution >= 0.6 is 11.8 Å². The third-order valence-corrected chi connectivity index (χ3v) is 7.06. The molecule has 9 heteroatoms. The molecule has 36 heavy (non-hydrogen) atoms. The molecular weight excluding hydrogens is 476 g/mol. The number of amides is 2.